The van der Waals surface area contributed by atoms with Crippen LogP contribution in [0.25, 0.3) is 6.08 Å². The van der Waals surface area contributed by atoms with Crippen molar-refractivity contribution >= 4 is 6.08 Å². The average Bonchev–Trinajstić information content (AvgIpc) is 2.87. The van der Waals surface area contributed by atoms with Crippen molar-refractivity contribution in [2.24, 2.45) is 0 Å². The topological polar surface area (TPSA) is 135 Å². The molecule has 0 spiro atoms. The van der Waals surface area contributed by atoms with Crippen LogP contribution < -0.4 is 0 Å². The zero-order valence-electron chi connectivity index (χ0n) is 9.42. The molecule has 0 radical (unpaired) electrons. The first kappa shape index (κ1) is 14.7. The molecular formula is C11H16O7. The van der Waals surface area contributed by atoms with Crippen LogP contribution in [0.15, 0.2) is 28.6 Å². The summed E-state index contributed by atoms with van der Waals surface area (Å²) in [5.41, 5.74) is 0. The quantitative estimate of drug-likeness (QED) is 0.347. The van der Waals surface area contributed by atoms with E-state index >= 15 is 0 Å². The summed E-state index contributed by atoms with van der Waals surface area (Å²) < 4.78 is 4.88. The van der Waals surface area contributed by atoms with E-state index in [0.717, 1.165) is 6.08 Å². The van der Waals surface area contributed by atoms with Crippen LogP contribution in [0.2, 0.25) is 0 Å². The molecule has 4 atom stereocenters. The third-order valence-corrected chi connectivity index (χ3v) is 2.39. The summed E-state index contributed by atoms with van der Waals surface area (Å²) in [6.07, 6.45) is -4.66. The van der Waals surface area contributed by atoms with Crippen molar-refractivity contribution in [3.63, 3.8) is 0 Å². The zero-order chi connectivity index (χ0) is 13.7. The molecule has 0 saturated carbocycles. The summed E-state index contributed by atoms with van der Waals surface area (Å²) in [5, 5.41) is 55.6. The van der Waals surface area contributed by atoms with Crippen LogP contribution in [0.4, 0.5) is 0 Å². The molecular weight excluding hydrogens is 244 g/mol. The van der Waals surface area contributed by atoms with Crippen molar-refractivity contribution < 1.29 is 35.1 Å². The molecule has 7 heteroatoms. The average molecular weight is 260 g/mol. The van der Waals surface area contributed by atoms with E-state index in [1.165, 1.54) is 12.3 Å². The van der Waals surface area contributed by atoms with E-state index in [0.29, 0.717) is 0 Å². The van der Waals surface area contributed by atoms with Gasteiger partial charge in [0.25, 0.3) is 0 Å². The van der Waals surface area contributed by atoms with Crippen LogP contribution in [-0.4, -0.2) is 61.7 Å². The van der Waals surface area contributed by atoms with Gasteiger partial charge in [-0.1, -0.05) is 0 Å². The van der Waals surface area contributed by atoms with Gasteiger partial charge in [0.15, 0.2) is 0 Å². The lowest BCUT2D eigenvalue weighted by atomic mass is 10.0. The van der Waals surface area contributed by atoms with E-state index in [1.807, 2.05) is 0 Å². The SMILES string of the molecule is OC[C@@H](O)[C@@H](O)[C@H](O)[C@@H](O)C(O)=Cc1ccco1. The number of aliphatic hydroxyl groups excluding tert-OH is 6. The Morgan fingerprint density at radius 2 is 1.89 bits per heavy atom. The van der Waals surface area contributed by atoms with Crippen LogP contribution in [0.5, 0.6) is 0 Å². The number of rotatable bonds is 6. The van der Waals surface area contributed by atoms with Crippen molar-refractivity contribution in [1.29, 1.82) is 0 Å². The fourth-order valence-corrected chi connectivity index (χ4v) is 1.30. The van der Waals surface area contributed by atoms with Gasteiger partial charge in [-0.25, -0.2) is 0 Å². The summed E-state index contributed by atoms with van der Waals surface area (Å²) in [6, 6.07) is 3.07. The maximum Gasteiger partial charge on any atom is 0.139 e. The van der Waals surface area contributed by atoms with Crippen LogP contribution in [0.3, 0.4) is 0 Å². The second-order valence-corrected chi connectivity index (χ2v) is 3.76. The van der Waals surface area contributed by atoms with Crippen molar-refractivity contribution in [3.05, 3.63) is 29.9 Å². The maximum atomic E-state index is 9.54. The lowest BCUT2D eigenvalue weighted by Crippen LogP contribution is -2.46. The molecule has 1 aromatic rings. The summed E-state index contributed by atoms with van der Waals surface area (Å²) in [4.78, 5) is 0. The van der Waals surface area contributed by atoms with E-state index in [1.54, 1.807) is 6.07 Å². The van der Waals surface area contributed by atoms with E-state index in [9.17, 15) is 20.4 Å². The normalized spacial score (nSPS) is 19.3. The molecule has 0 unspecified atom stereocenters. The minimum Gasteiger partial charge on any atom is -0.509 e. The Labute approximate surface area is 103 Å². The molecule has 1 aromatic heterocycles. The highest BCUT2D eigenvalue weighted by atomic mass is 16.4. The fourth-order valence-electron chi connectivity index (χ4n) is 1.30. The van der Waals surface area contributed by atoms with Crippen LogP contribution in [-0.2, 0) is 0 Å². The molecule has 7 nitrogen and oxygen atoms in total. The van der Waals surface area contributed by atoms with Crippen molar-refractivity contribution in [2.45, 2.75) is 24.4 Å². The van der Waals surface area contributed by atoms with E-state index in [-0.39, 0.29) is 5.76 Å². The fraction of sp³-hybridized carbons (Fsp3) is 0.455. The Hall–Kier alpha value is -1.38. The lowest BCUT2D eigenvalue weighted by Gasteiger charge is -2.25. The molecule has 18 heavy (non-hydrogen) atoms. The van der Waals surface area contributed by atoms with Gasteiger partial charge >= 0.3 is 0 Å². The number of hydrogen-bond donors (Lipinski definition) is 6. The van der Waals surface area contributed by atoms with Gasteiger partial charge in [-0.15, -0.1) is 0 Å². The minimum absolute atomic E-state index is 0.246. The third-order valence-electron chi connectivity index (χ3n) is 2.39. The molecule has 0 aliphatic carbocycles. The second kappa shape index (κ2) is 6.53. The molecule has 1 rings (SSSR count). The Kier molecular flexibility index (Phi) is 5.32. The smallest absolute Gasteiger partial charge is 0.139 e. The molecule has 0 bridgehead atoms. The molecule has 6 N–H and O–H groups in total. The molecule has 0 aliphatic heterocycles. The van der Waals surface area contributed by atoms with Gasteiger partial charge in [-0.2, -0.15) is 0 Å². The summed E-state index contributed by atoms with van der Waals surface area (Å²) in [5.74, 6) is -0.391. The summed E-state index contributed by atoms with van der Waals surface area (Å²) >= 11 is 0. The molecule has 0 aromatic carbocycles. The van der Waals surface area contributed by atoms with Crippen LogP contribution in [0.1, 0.15) is 5.76 Å². The van der Waals surface area contributed by atoms with E-state index in [2.05, 4.69) is 0 Å². The highest BCUT2D eigenvalue weighted by Gasteiger charge is 2.32. The van der Waals surface area contributed by atoms with Gasteiger partial charge in [0.1, 0.15) is 35.9 Å². The largest absolute Gasteiger partial charge is 0.509 e. The monoisotopic (exact) mass is 260 g/mol. The predicted octanol–water partition coefficient (Wildman–Crippen LogP) is -1.39. The van der Waals surface area contributed by atoms with Gasteiger partial charge in [0.2, 0.25) is 0 Å². The van der Waals surface area contributed by atoms with Gasteiger partial charge in [-0.05, 0) is 12.1 Å². The number of furan rings is 1. The van der Waals surface area contributed by atoms with Crippen molar-refractivity contribution in [3.8, 4) is 0 Å². The standard InChI is InChI=1S/C11H16O7/c12-5-8(14)10(16)11(17)9(15)7(13)4-6-2-1-3-18-6/h1-4,8-17H,5H2/t8-,9+,10-,11-/m1/s1. The van der Waals surface area contributed by atoms with E-state index < -0.39 is 36.8 Å². The Balaban J connectivity index is 2.71. The zero-order valence-corrected chi connectivity index (χ0v) is 9.42. The van der Waals surface area contributed by atoms with Gasteiger partial charge < -0.3 is 35.1 Å². The van der Waals surface area contributed by atoms with Gasteiger partial charge in [-0.3, -0.25) is 0 Å². The van der Waals surface area contributed by atoms with Crippen LogP contribution in [0, 0.1) is 0 Å². The molecule has 102 valence electrons. The van der Waals surface area contributed by atoms with Crippen LogP contribution >= 0.6 is 0 Å². The Bertz CT molecular complexity index is 373. The molecule has 0 amide bonds. The van der Waals surface area contributed by atoms with Crippen molar-refractivity contribution in [2.75, 3.05) is 6.61 Å². The Morgan fingerprint density at radius 3 is 2.39 bits per heavy atom. The van der Waals surface area contributed by atoms with Gasteiger partial charge in [0.05, 0.1) is 12.9 Å². The highest BCUT2D eigenvalue weighted by molar-refractivity contribution is 5.45. The maximum absolute atomic E-state index is 9.54. The molecule has 0 aliphatic rings. The lowest BCUT2D eigenvalue weighted by molar-refractivity contribution is -0.112. The molecule has 1 heterocycles. The van der Waals surface area contributed by atoms with Gasteiger partial charge in [0, 0.05) is 6.08 Å². The first-order valence-electron chi connectivity index (χ1n) is 5.24. The highest BCUT2D eigenvalue weighted by Crippen LogP contribution is 2.14. The van der Waals surface area contributed by atoms with E-state index in [4.69, 9.17) is 14.6 Å². The molecule has 0 fully saturated rings. The minimum atomic E-state index is -1.85. The second-order valence-electron chi connectivity index (χ2n) is 3.76. The predicted molar refractivity (Wildman–Crippen MR) is 60.4 cm³/mol. The first-order valence-corrected chi connectivity index (χ1v) is 5.24. The third kappa shape index (κ3) is 3.56. The Morgan fingerprint density at radius 1 is 1.22 bits per heavy atom. The molecule has 0 saturated heterocycles. The number of hydrogen-bond acceptors (Lipinski definition) is 7. The summed E-state index contributed by atoms with van der Waals surface area (Å²) in [7, 11) is 0. The first-order chi connectivity index (χ1) is 8.47. The number of aliphatic hydroxyl groups is 6. The summed E-state index contributed by atoms with van der Waals surface area (Å²) in [6.45, 7) is -0.784. The van der Waals surface area contributed by atoms with Crippen molar-refractivity contribution in [1.82, 2.24) is 0 Å².